The van der Waals surface area contributed by atoms with Gasteiger partial charge in [-0.2, -0.15) is 5.10 Å². The molecule has 3 heterocycles. The Morgan fingerprint density at radius 1 is 1.23 bits per heavy atom. The molecule has 116 valence electrons. The fourth-order valence-corrected chi connectivity index (χ4v) is 2.91. The molecule has 22 heavy (non-hydrogen) atoms. The van der Waals surface area contributed by atoms with Gasteiger partial charge in [0.15, 0.2) is 0 Å². The molecule has 0 amide bonds. The Bertz CT molecular complexity index is 691. The number of rotatable bonds is 6. The molecule has 0 unspecified atom stereocenters. The van der Waals surface area contributed by atoms with Crippen LogP contribution in [-0.4, -0.2) is 26.0 Å². The molecule has 3 rings (SSSR count). The van der Waals surface area contributed by atoms with Gasteiger partial charge in [-0.25, -0.2) is 0 Å². The molecule has 0 spiro atoms. The van der Waals surface area contributed by atoms with E-state index in [-0.39, 0.29) is 18.1 Å². The van der Waals surface area contributed by atoms with Crippen LogP contribution in [0.15, 0.2) is 40.4 Å². The SMILES string of the molecule is C[C@H](N[C@H](C)[C@@H](C)n1cccn1)c1nnc(-c2cccs2)o1. The molecule has 0 aliphatic carbocycles. The zero-order valence-electron chi connectivity index (χ0n) is 12.8. The first kappa shape index (κ1) is 14.9. The van der Waals surface area contributed by atoms with Gasteiger partial charge in [-0.15, -0.1) is 21.5 Å². The fraction of sp³-hybridized carbons (Fsp3) is 0.400. The first-order valence-corrected chi connectivity index (χ1v) is 8.15. The second-order valence-corrected chi connectivity index (χ2v) is 6.27. The summed E-state index contributed by atoms with van der Waals surface area (Å²) in [5, 5.41) is 18.0. The van der Waals surface area contributed by atoms with E-state index in [4.69, 9.17) is 4.42 Å². The highest BCUT2D eigenvalue weighted by atomic mass is 32.1. The summed E-state index contributed by atoms with van der Waals surface area (Å²) in [6.07, 6.45) is 3.76. The predicted octanol–water partition coefficient (Wildman–Crippen LogP) is 3.29. The summed E-state index contributed by atoms with van der Waals surface area (Å²) in [4.78, 5) is 0.990. The first-order chi connectivity index (χ1) is 10.6. The van der Waals surface area contributed by atoms with E-state index in [9.17, 15) is 0 Å². The van der Waals surface area contributed by atoms with Crippen LogP contribution in [-0.2, 0) is 0 Å². The van der Waals surface area contributed by atoms with Crippen LogP contribution in [0.25, 0.3) is 10.8 Å². The van der Waals surface area contributed by atoms with Gasteiger partial charge < -0.3 is 9.73 Å². The fourth-order valence-electron chi connectivity index (χ4n) is 2.26. The second-order valence-electron chi connectivity index (χ2n) is 5.33. The largest absolute Gasteiger partial charge is 0.418 e. The lowest BCUT2D eigenvalue weighted by molar-refractivity contribution is 0.317. The van der Waals surface area contributed by atoms with E-state index in [1.165, 1.54) is 0 Å². The van der Waals surface area contributed by atoms with Crippen molar-refractivity contribution in [3.05, 3.63) is 41.9 Å². The molecule has 1 N–H and O–H groups in total. The number of nitrogens with zero attached hydrogens (tertiary/aromatic N) is 4. The highest BCUT2D eigenvalue weighted by molar-refractivity contribution is 7.13. The molecule has 0 aliphatic heterocycles. The molecule has 7 heteroatoms. The van der Waals surface area contributed by atoms with Crippen molar-refractivity contribution in [3.8, 4) is 10.8 Å². The number of hydrogen-bond donors (Lipinski definition) is 1. The third-order valence-corrected chi connectivity index (χ3v) is 4.58. The van der Waals surface area contributed by atoms with Crippen molar-refractivity contribution in [2.75, 3.05) is 0 Å². The van der Waals surface area contributed by atoms with Crippen LogP contribution in [0.5, 0.6) is 0 Å². The monoisotopic (exact) mass is 317 g/mol. The summed E-state index contributed by atoms with van der Waals surface area (Å²) in [7, 11) is 0. The molecular weight excluding hydrogens is 298 g/mol. The number of thiophene rings is 1. The third kappa shape index (κ3) is 3.10. The van der Waals surface area contributed by atoms with Crippen LogP contribution < -0.4 is 5.32 Å². The summed E-state index contributed by atoms with van der Waals surface area (Å²) in [6.45, 7) is 6.28. The smallest absolute Gasteiger partial charge is 0.257 e. The normalized spacial score (nSPS) is 15.6. The average Bonchev–Trinajstić information content (AvgIpc) is 3.26. The number of nitrogens with one attached hydrogen (secondary N) is 1. The van der Waals surface area contributed by atoms with Gasteiger partial charge in [0.1, 0.15) is 0 Å². The van der Waals surface area contributed by atoms with Gasteiger partial charge in [-0.1, -0.05) is 6.07 Å². The van der Waals surface area contributed by atoms with Crippen LogP contribution in [0.3, 0.4) is 0 Å². The molecule has 0 aromatic carbocycles. The number of aromatic nitrogens is 4. The van der Waals surface area contributed by atoms with E-state index >= 15 is 0 Å². The molecule has 0 radical (unpaired) electrons. The van der Waals surface area contributed by atoms with E-state index in [1.54, 1.807) is 17.5 Å². The van der Waals surface area contributed by atoms with Crippen LogP contribution in [0.1, 0.15) is 38.7 Å². The van der Waals surface area contributed by atoms with E-state index in [0.717, 1.165) is 4.88 Å². The Hall–Kier alpha value is -1.99. The quantitative estimate of drug-likeness (QED) is 0.755. The Labute approximate surface area is 133 Å². The lowest BCUT2D eigenvalue weighted by atomic mass is 10.1. The van der Waals surface area contributed by atoms with E-state index in [1.807, 2.05) is 41.4 Å². The maximum Gasteiger partial charge on any atom is 0.257 e. The van der Waals surface area contributed by atoms with Gasteiger partial charge in [0, 0.05) is 18.4 Å². The van der Waals surface area contributed by atoms with Crippen molar-refractivity contribution in [2.45, 2.75) is 38.9 Å². The minimum absolute atomic E-state index is 0.0192. The average molecular weight is 317 g/mol. The first-order valence-electron chi connectivity index (χ1n) is 7.27. The van der Waals surface area contributed by atoms with Crippen LogP contribution >= 0.6 is 11.3 Å². The maximum absolute atomic E-state index is 5.76. The lowest BCUT2D eigenvalue weighted by Gasteiger charge is -2.24. The van der Waals surface area contributed by atoms with Gasteiger partial charge in [-0.05, 0) is 38.3 Å². The zero-order valence-corrected chi connectivity index (χ0v) is 13.6. The van der Waals surface area contributed by atoms with Crippen molar-refractivity contribution in [1.82, 2.24) is 25.3 Å². The summed E-state index contributed by atoms with van der Waals surface area (Å²) < 4.78 is 7.70. The summed E-state index contributed by atoms with van der Waals surface area (Å²) in [6, 6.07) is 6.30. The van der Waals surface area contributed by atoms with Crippen molar-refractivity contribution < 1.29 is 4.42 Å². The number of hydrogen-bond acceptors (Lipinski definition) is 6. The molecule has 6 nitrogen and oxygen atoms in total. The maximum atomic E-state index is 5.76. The molecular formula is C15H19N5OS. The van der Waals surface area contributed by atoms with Crippen LogP contribution in [0.2, 0.25) is 0 Å². The molecule has 0 saturated carbocycles. The van der Waals surface area contributed by atoms with Crippen molar-refractivity contribution in [3.63, 3.8) is 0 Å². The van der Waals surface area contributed by atoms with Gasteiger partial charge in [0.05, 0.1) is 17.0 Å². The zero-order chi connectivity index (χ0) is 15.5. The topological polar surface area (TPSA) is 68.8 Å². The second kappa shape index (κ2) is 6.41. The summed E-state index contributed by atoms with van der Waals surface area (Å²) >= 11 is 1.59. The predicted molar refractivity (Wildman–Crippen MR) is 85.6 cm³/mol. The van der Waals surface area contributed by atoms with E-state index in [2.05, 4.69) is 34.5 Å². The minimum Gasteiger partial charge on any atom is -0.418 e. The summed E-state index contributed by atoms with van der Waals surface area (Å²) in [5.41, 5.74) is 0. The van der Waals surface area contributed by atoms with Gasteiger partial charge in [-0.3, -0.25) is 4.68 Å². The Kier molecular flexibility index (Phi) is 4.35. The Morgan fingerprint density at radius 3 is 2.77 bits per heavy atom. The lowest BCUT2D eigenvalue weighted by Crippen LogP contribution is -2.35. The molecule has 3 atom stereocenters. The van der Waals surface area contributed by atoms with Gasteiger partial charge >= 0.3 is 0 Å². The highest BCUT2D eigenvalue weighted by Gasteiger charge is 2.21. The van der Waals surface area contributed by atoms with Crippen molar-refractivity contribution in [1.29, 1.82) is 0 Å². The molecule has 0 bridgehead atoms. The van der Waals surface area contributed by atoms with E-state index in [0.29, 0.717) is 11.8 Å². The van der Waals surface area contributed by atoms with E-state index < -0.39 is 0 Å². The van der Waals surface area contributed by atoms with Gasteiger partial charge in [0.2, 0.25) is 5.89 Å². The summed E-state index contributed by atoms with van der Waals surface area (Å²) in [5.74, 6) is 1.18. The van der Waals surface area contributed by atoms with Crippen molar-refractivity contribution >= 4 is 11.3 Å². The molecule has 3 aromatic rings. The third-order valence-electron chi connectivity index (χ3n) is 3.72. The minimum atomic E-state index is -0.0192. The molecule has 0 aliphatic rings. The Balaban J connectivity index is 1.65. The molecule has 0 fully saturated rings. The van der Waals surface area contributed by atoms with Crippen LogP contribution in [0.4, 0.5) is 0 Å². The molecule has 3 aromatic heterocycles. The molecule has 0 saturated heterocycles. The standard InChI is InChI=1S/C15H19N5OS/c1-10(12(3)20-8-5-7-16-20)17-11(2)14-18-19-15(21-14)13-6-4-9-22-13/h4-12,17H,1-3H3/t10-,11+,12-/m1/s1. The van der Waals surface area contributed by atoms with Crippen LogP contribution in [0, 0.1) is 0 Å². The van der Waals surface area contributed by atoms with Crippen molar-refractivity contribution in [2.24, 2.45) is 0 Å². The Morgan fingerprint density at radius 2 is 2.09 bits per heavy atom. The highest BCUT2D eigenvalue weighted by Crippen LogP contribution is 2.25. The van der Waals surface area contributed by atoms with Gasteiger partial charge in [0.25, 0.3) is 5.89 Å².